The van der Waals surface area contributed by atoms with Gasteiger partial charge in [0.05, 0.1) is 18.4 Å². The van der Waals surface area contributed by atoms with Crippen LogP contribution in [-0.2, 0) is 23.4 Å². The molecule has 0 radical (unpaired) electrons. The number of ether oxygens (including phenoxy) is 1. The zero-order valence-electron chi connectivity index (χ0n) is 10.2. The molecule has 1 atom stereocenters. The lowest BCUT2D eigenvalue weighted by Gasteiger charge is -2.23. The van der Waals surface area contributed by atoms with Crippen LogP contribution in [0, 0.1) is 5.41 Å². The van der Waals surface area contributed by atoms with E-state index in [1.54, 1.807) is 6.92 Å². The molecule has 0 saturated heterocycles. The summed E-state index contributed by atoms with van der Waals surface area (Å²) in [6.45, 7) is 2.30. The number of phosphoric ester groups is 1. The Morgan fingerprint density at radius 1 is 1.28 bits per heavy atom. The minimum atomic E-state index is -4.58. The molecule has 0 aromatic heterocycles. The zero-order chi connectivity index (χ0) is 14.4. The van der Waals surface area contributed by atoms with Gasteiger partial charge in [-0.3, -0.25) is 14.1 Å². The van der Waals surface area contributed by atoms with Crippen LogP contribution in [0.5, 0.6) is 0 Å². The second kappa shape index (κ2) is 6.84. The van der Waals surface area contributed by atoms with Crippen molar-refractivity contribution in [2.45, 2.75) is 26.7 Å². The molecular formula is C9H17O8P. The fourth-order valence-corrected chi connectivity index (χ4v) is 1.45. The largest absolute Gasteiger partial charge is 0.481 e. The van der Waals surface area contributed by atoms with Crippen LogP contribution in [0.4, 0.5) is 0 Å². The van der Waals surface area contributed by atoms with Crippen molar-refractivity contribution in [3.63, 3.8) is 0 Å². The second-order valence-electron chi connectivity index (χ2n) is 3.94. The number of rotatable bonds is 8. The van der Waals surface area contributed by atoms with E-state index in [9.17, 15) is 14.2 Å². The highest BCUT2D eigenvalue weighted by Crippen LogP contribution is 2.35. The van der Waals surface area contributed by atoms with Crippen molar-refractivity contribution in [2.24, 2.45) is 5.41 Å². The van der Waals surface area contributed by atoms with Gasteiger partial charge in [-0.25, -0.2) is 4.57 Å². The van der Waals surface area contributed by atoms with E-state index in [1.807, 2.05) is 0 Å². The van der Waals surface area contributed by atoms with Crippen LogP contribution >= 0.6 is 7.82 Å². The Morgan fingerprint density at radius 3 is 2.22 bits per heavy atom. The second-order valence-corrected chi connectivity index (χ2v) is 5.18. The summed E-state index contributed by atoms with van der Waals surface area (Å²) in [5, 5.41) is 8.67. The number of hydrogen-bond donors (Lipinski definition) is 3. The number of aliphatic carboxylic acids is 1. The molecule has 8 nitrogen and oxygen atoms in total. The maximum absolute atomic E-state index is 11.6. The summed E-state index contributed by atoms with van der Waals surface area (Å²) in [7, 11) is -4.58. The third kappa shape index (κ3) is 6.70. The molecule has 0 bridgehead atoms. The number of hydrogen-bond acceptors (Lipinski definition) is 5. The third-order valence-corrected chi connectivity index (χ3v) is 2.91. The van der Waals surface area contributed by atoms with Crippen LogP contribution in [-0.4, -0.2) is 40.0 Å². The number of carboxylic acid groups (broad SMARTS) is 1. The molecule has 0 aliphatic rings. The summed E-state index contributed by atoms with van der Waals surface area (Å²) in [5.41, 5.74) is -1.16. The molecule has 0 amide bonds. The predicted octanol–water partition coefficient (Wildman–Crippen LogP) is 0.530. The van der Waals surface area contributed by atoms with Crippen molar-refractivity contribution in [3.05, 3.63) is 0 Å². The lowest BCUT2D eigenvalue weighted by atomic mass is 9.84. The van der Waals surface area contributed by atoms with Crippen molar-refractivity contribution in [2.75, 3.05) is 13.2 Å². The van der Waals surface area contributed by atoms with Gasteiger partial charge < -0.3 is 19.6 Å². The van der Waals surface area contributed by atoms with E-state index < -0.39 is 31.8 Å². The zero-order valence-corrected chi connectivity index (χ0v) is 11.1. The summed E-state index contributed by atoms with van der Waals surface area (Å²) in [5.74, 6) is -1.86. The first-order valence-corrected chi connectivity index (χ1v) is 6.73. The Morgan fingerprint density at radius 2 is 1.83 bits per heavy atom. The van der Waals surface area contributed by atoms with Crippen LogP contribution < -0.4 is 0 Å². The molecule has 106 valence electrons. The van der Waals surface area contributed by atoms with Crippen molar-refractivity contribution in [1.82, 2.24) is 0 Å². The summed E-state index contributed by atoms with van der Waals surface area (Å²) >= 11 is 0. The Bertz CT molecular complexity index is 348. The Kier molecular flexibility index (Phi) is 6.48. The summed E-state index contributed by atoms with van der Waals surface area (Å²) in [6.07, 6.45) is -0.0980. The molecule has 18 heavy (non-hydrogen) atoms. The number of carbonyl (C=O) groups is 2. The first-order valence-electron chi connectivity index (χ1n) is 5.20. The van der Waals surface area contributed by atoms with E-state index in [4.69, 9.17) is 19.6 Å². The fourth-order valence-electron chi connectivity index (χ4n) is 1.14. The van der Waals surface area contributed by atoms with Gasteiger partial charge in [-0.2, -0.15) is 0 Å². The van der Waals surface area contributed by atoms with E-state index in [1.165, 1.54) is 6.92 Å². The van der Waals surface area contributed by atoms with E-state index in [-0.39, 0.29) is 19.4 Å². The monoisotopic (exact) mass is 284 g/mol. The van der Waals surface area contributed by atoms with E-state index in [0.717, 1.165) is 0 Å². The maximum Gasteiger partial charge on any atom is 0.469 e. The molecule has 0 rings (SSSR count). The van der Waals surface area contributed by atoms with E-state index >= 15 is 0 Å². The van der Waals surface area contributed by atoms with Crippen LogP contribution in [0.1, 0.15) is 26.7 Å². The van der Waals surface area contributed by atoms with Gasteiger partial charge >= 0.3 is 19.8 Å². The summed E-state index contributed by atoms with van der Waals surface area (Å²) in [4.78, 5) is 39.0. The molecule has 9 heteroatoms. The van der Waals surface area contributed by atoms with E-state index in [2.05, 4.69) is 4.52 Å². The summed E-state index contributed by atoms with van der Waals surface area (Å²) in [6, 6.07) is 0. The average Bonchev–Trinajstić information content (AvgIpc) is 2.21. The molecular weight excluding hydrogens is 267 g/mol. The lowest BCUT2D eigenvalue weighted by molar-refractivity contribution is -0.161. The van der Waals surface area contributed by atoms with Crippen molar-refractivity contribution < 1.29 is 38.3 Å². The molecule has 0 fully saturated rings. The number of carboxylic acids is 1. The molecule has 0 spiro atoms. The van der Waals surface area contributed by atoms with E-state index in [0.29, 0.717) is 0 Å². The highest BCUT2D eigenvalue weighted by atomic mass is 31.2. The number of esters is 1. The Labute approximate surface area is 104 Å². The average molecular weight is 284 g/mol. The molecule has 0 aromatic rings. The molecule has 1 unspecified atom stereocenters. The fraction of sp³-hybridized carbons (Fsp3) is 0.778. The summed E-state index contributed by atoms with van der Waals surface area (Å²) < 4.78 is 19.1. The van der Waals surface area contributed by atoms with Crippen LogP contribution in [0.3, 0.4) is 0 Å². The Balaban J connectivity index is 4.21. The molecule has 0 aliphatic heterocycles. The Hall–Kier alpha value is -0.950. The van der Waals surface area contributed by atoms with Crippen molar-refractivity contribution in [3.8, 4) is 0 Å². The molecule has 0 aromatic carbocycles. The number of phosphoric acid groups is 1. The normalized spacial score (nSPS) is 14.9. The first kappa shape index (κ1) is 17.1. The minimum Gasteiger partial charge on any atom is -0.481 e. The molecule has 0 saturated carbocycles. The number of carbonyl (C=O) groups excluding carboxylic acids is 1. The van der Waals surface area contributed by atoms with Crippen molar-refractivity contribution in [1.29, 1.82) is 0 Å². The van der Waals surface area contributed by atoms with Gasteiger partial charge in [0.25, 0.3) is 0 Å². The standard InChI is InChI=1S/C9H17O8P/c1-3-9(2,6-7(10)11)8(12)16-4-5-17-18(13,14)15/h3-6H2,1-2H3,(H,10,11)(H2,13,14,15). The SMILES string of the molecule is CCC(C)(CC(=O)O)C(=O)OCCOP(=O)(O)O. The topological polar surface area (TPSA) is 130 Å². The molecule has 0 aliphatic carbocycles. The third-order valence-electron chi connectivity index (χ3n) is 2.39. The highest BCUT2D eigenvalue weighted by Gasteiger charge is 2.35. The van der Waals surface area contributed by atoms with Crippen LogP contribution in [0.2, 0.25) is 0 Å². The highest BCUT2D eigenvalue weighted by molar-refractivity contribution is 7.46. The van der Waals surface area contributed by atoms with Gasteiger partial charge in [0.15, 0.2) is 0 Å². The van der Waals surface area contributed by atoms with Gasteiger partial charge in [0, 0.05) is 0 Å². The smallest absolute Gasteiger partial charge is 0.469 e. The van der Waals surface area contributed by atoms with Gasteiger partial charge in [-0.15, -0.1) is 0 Å². The predicted molar refractivity (Wildman–Crippen MR) is 59.6 cm³/mol. The van der Waals surface area contributed by atoms with Crippen LogP contribution in [0.15, 0.2) is 0 Å². The van der Waals surface area contributed by atoms with Gasteiger partial charge in [-0.05, 0) is 13.3 Å². The molecule has 0 heterocycles. The first-order chi connectivity index (χ1) is 8.10. The van der Waals surface area contributed by atoms with Crippen molar-refractivity contribution >= 4 is 19.8 Å². The quantitative estimate of drug-likeness (QED) is 0.334. The van der Waals surface area contributed by atoms with Gasteiger partial charge in [0.1, 0.15) is 6.61 Å². The maximum atomic E-state index is 11.6. The molecule has 3 N–H and O–H groups in total. The van der Waals surface area contributed by atoms with Gasteiger partial charge in [-0.1, -0.05) is 6.92 Å². The van der Waals surface area contributed by atoms with Gasteiger partial charge in [0.2, 0.25) is 0 Å². The minimum absolute atomic E-state index is 0.275. The van der Waals surface area contributed by atoms with Crippen LogP contribution in [0.25, 0.3) is 0 Å². The lowest BCUT2D eigenvalue weighted by Crippen LogP contribution is -2.32.